The number of nitrogens with zero attached hydrogens (tertiary/aromatic N) is 2. The van der Waals surface area contributed by atoms with Gasteiger partial charge in [0.05, 0.1) is 5.69 Å². The van der Waals surface area contributed by atoms with E-state index in [2.05, 4.69) is 12.1 Å². The van der Waals surface area contributed by atoms with Gasteiger partial charge in [0.15, 0.2) is 0 Å². The van der Waals surface area contributed by atoms with Crippen molar-refractivity contribution in [3.8, 4) is 0 Å². The molecule has 0 aliphatic carbocycles. The van der Waals surface area contributed by atoms with Crippen molar-refractivity contribution in [2.75, 3.05) is 24.5 Å². The second-order valence-corrected chi connectivity index (χ2v) is 6.55. The zero-order valence-electron chi connectivity index (χ0n) is 14.7. The Labute approximate surface area is 149 Å². The van der Waals surface area contributed by atoms with Gasteiger partial charge in [-0.1, -0.05) is 42.5 Å². The van der Waals surface area contributed by atoms with Gasteiger partial charge in [-0.3, -0.25) is 4.79 Å². The minimum atomic E-state index is -0.188. The molecule has 0 bridgehead atoms. The van der Waals surface area contributed by atoms with Gasteiger partial charge in [-0.25, -0.2) is 4.39 Å². The summed E-state index contributed by atoms with van der Waals surface area (Å²) in [6.45, 7) is 4.83. The molecule has 4 heteroatoms. The number of piperidine rings is 1. The number of carbonyl (C=O) groups is 1. The van der Waals surface area contributed by atoms with E-state index in [1.54, 1.807) is 6.07 Å². The van der Waals surface area contributed by atoms with Crippen LogP contribution in [0.4, 0.5) is 10.1 Å². The van der Waals surface area contributed by atoms with Crippen molar-refractivity contribution >= 4 is 11.6 Å². The molecule has 0 radical (unpaired) electrons. The van der Waals surface area contributed by atoms with Crippen LogP contribution in [0.2, 0.25) is 0 Å². The van der Waals surface area contributed by atoms with Crippen LogP contribution >= 0.6 is 0 Å². The fourth-order valence-electron chi connectivity index (χ4n) is 3.48. The Kier molecular flexibility index (Phi) is 5.69. The zero-order chi connectivity index (χ0) is 17.6. The molecule has 1 saturated heterocycles. The van der Waals surface area contributed by atoms with Crippen LogP contribution < -0.4 is 4.90 Å². The fourth-order valence-corrected chi connectivity index (χ4v) is 3.48. The third-order valence-corrected chi connectivity index (χ3v) is 4.95. The average Bonchev–Trinajstić information content (AvgIpc) is 2.67. The predicted octanol–water partition coefficient (Wildman–Crippen LogP) is 4.09. The Bertz CT molecular complexity index is 696. The zero-order valence-corrected chi connectivity index (χ0v) is 14.7. The summed E-state index contributed by atoms with van der Waals surface area (Å²) >= 11 is 0. The van der Waals surface area contributed by atoms with E-state index in [9.17, 15) is 9.18 Å². The molecule has 0 spiro atoms. The molecule has 0 unspecified atom stereocenters. The summed E-state index contributed by atoms with van der Waals surface area (Å²) in [5, 5.41) is 0. The molecule has 0 aromatic heterocycles. The Balaban J connectivity index is 1.59. The Morgan fingerprint density at radius 3 is 2.36 bits per heavy atom. The smallest absolute Gasteiger partial charge is 0.226 e. The van der Waals surface area contributed by atoms with Crippen molar-refractivity contribution in [2.45, 2.75) is 26.3 Å². The van der Waals surface area contributed by atoms with Crippen LogP contribution in [-0.4, -0.2) is 30.4 Å². The van der Waals surface area contributed by atoms with Crippen molar-refractivity contribution < 1.29 is 9.18 Å². The summed E-state index contributed by atoms with van der Waals surface area (Å²) in [4.78, 5) is 16.9. The number of rotatable bonds is 5. The van der Waals surface area contributed by atoms with E-state index in [1.165, 1.54) is 6.07 Å². The molecular weight excluding hydrogens is 315 g/mol. The van der Waals surface area contributed by atoms with Crippen LogP contribution in [0.15, 0.2) is 54.6 Å². The lowest BCUT2D eigenvalue weighted by Crippen LogP contribution is -2.42. The lowest BCUT2D eigenvalue weighted by Gasteiger charge is -2.35. The normalized spacial score (nSPS) is 15.2. The molecule has 3 nitrogen and oxygen atoms in total. The van der Waals surface area contributed by atoms with E-state index in [0.717, 1.165) is 31.5 Å². The van der Waals surface area contributed by atoms with Crippen molar-refractivity contribution in [3.63, 3.8) is 0 Å². The van der Waals surface area contributed by atoms with E-state index in [-0.39, 0.29) is 17.6 Å². The molecule has 0 saturated carbocycles. The minimum Gasteiger partial charge on any atom is -0.369 e. The molecule has 1 aliphatic heterocycles. The molecule has 1 aliphatic rings. The fraction of sp³-hybridized carbons (Fsp3) is 0.381. The highest BCUT2D eigenvalue weighted by molar-refractivity contribution is 5.79. The maximum atomic E-state index is 13.9. The van der Waals surface area contributed by atoms with Crippen LogP contribution in [0, 0.1) is 11.7 Å². The highest BCUT2D eigenvalue weighted by Crippen LogP contribution is 2.26. The van der Waals surface area contributed by atoms with Crippen LogP contribution in [-0.2, 0) is 11.3 Å². The van der Waals surface area contributed by atoms with Crippen molar-refractivity contribution in [3.05, 3.63) is 66.0 Å². The molecule has 132 valence electrons. The Morgan fingerprint density at radius 1 is 1.08 bits per heavy atom. The first-order chi connectivity index (χ1) is 12.2. The molecular formula is C21H25FN2O. The maximum absolute atomic E-state index is 13.9. The number of anilines is 1. The molecule has 1 heterocycles. The summed E-state index contributed by atoms with van der Waals surface area (Å²) in [6, 6.07) is 17.0. The highest BCUT2D eigenvalue weighted by atomic mass is 19.1. The van der Waals surface area contributed by atoms with Gasteiger partial charge in [0.25, 0.3) is 0 Å². The van der Waals surface area contributed by atoms with E-state index in [4.69, 9.17) is 0 Å². The predicted molar refractivity (Wildman–Crippen MR) is 98.9 cm³/mol. The molecule has 2 aromatic carbocycles. The van der Waals surface area contributed by atoms with Crippen molar-refractivity contribution in [2.24, 2.45) is 5.92 Å². The number of hydrogen-bond acceptors (Lipinski definition) is 2. The number of benzene rings is 2. The number of carbonyl (C=O) groups excluding carboxylic acids is 1. The van der Waals surface area contributed by atoms with E-state index < -0.39 is 0 Å². The summed E-state index contributed by atoms with van der Waals surface area (Å²) in [7, 11) is 0. The molecule has 3 rings (SSSR count). The third kappa shape index (κ3) is 4.19. The standard InChI is InChI=1S/C21H25FN2O/c1-2-23(16-17-8-4-3-5-9-17)21(25)18-12-14-24(15-13-18)20-11-7-6-10-19(20)22/h3-11,18H,2,12-16H2,1H3. The summed E-state index contributed by atoms with van der Waals surface area (Å²) in [5.41, 5.74) is 1.80. The van der Waals surface area contributed by atoms with Crippen LogP contribution in [0.25, 0.3) is 0 Å². The van der Waals surface area contributed by atoms with Crippen LogP contribution in [0.5, 0.6) is 0 Å². The molecule has 0 N–H and O–H groups in total. The van der Waals surface area contributed by atoms with Gasteiger partial charge in [-0.05, 0) is 37.5 Å². The van der Waals surface area contributed by atoms with Gasteiger partial charge in [0, 0.05) is 32.1 Å². The highest BCUT2D eigenvalue weighted by Gasteiger charge is 2.28. The first kappa shape index (κ1) is 17.5. The van der Waals surface area contributed by atoms with Gasteiger partial charge in [-0.15, -0.1) is 0 Å². The quantitative estimate of drug-likeness (QED) is 0.818. The van der Waals surface area contributed by atoms with Gasteiger partial charge in [-0.2, -0.15) is 0 Å². The maximum Gasteiger partial charge on any atom is 0.226 e. The topological polar surface area (TPSA) is 23.6 Å². The minimum absolute atomic E-state index is 0.0340. The second-order valence-electron chi connectivity index (χ2n) is 6.55. The van der Waals surface area contributed by atoms with Gasteiger partial charge < -0.3 is 9.80 Å². The molecule has 25 heavy (non-hydrogen) atoms. The largest absolute Gasteiger partial charge is 0.369 e. The molecule has 1 fully saturated rings. The number of hydrogen-bond donors (Lipinski definition) is 0. The summed E-state index contributed by atoms with van der Waals surface area (Å²) in [5.74, 6) is 0.0674. The van der Waals surface area contributed by atoms with Crippen molar-refractivity contribution in [1.29, 1.82) is 0 Å². The first-order valence-corrected chi connectivity index (χ1v) is 9.01. The average molecular weight is 340 g/mol. The van der Waals surface area contributed by atoms with E-state index in [0.29, 0.717) is 18.8 Å². The van der Waals surface area contributed by atoms with Gasteiger partial charge >= 0.3 is 0 Å². The van der Waals surface area contributed by atoms with Gasteiger partial charge in [0.2, 0.25) is 5.91 Å². The molecule has 0 atom stereocenters. The Hall–Kier alpha value is -2.36. The number of para-hydroxylation sites is 1. The van der Waals surface area contributed by atoms with E-state index in [1.807, 2.05) is 47.1 Å². The monoisotopic (exact) mass is 340 g/mol. The second kappa shape index (κ2) is 8.15. The Morgan fingerprint density at radius 2 is 1.72 bits per heavy atom. The summed E-state index contributed by atoms with van der Waals surface area (Å²) in [6.07, 6.45) is 1.55. The SMILES string of the molecule is CCN(Cc1ccccc1)C(=O)C1CCN(c2ccccc2F)CC1. The van der Waals surface area contributed by atoms with E-state index >= 15 is 0 Å². The van der Waals surface area contributed by atoms with Gasteiger partial charge in [0.1, 0.15) is 5.82 Å². The van der Waals surface area contributed by atoms with Crippen LogP contribution in [0.3, 0.4) is 0 Å². The molecule has 2 aromatic rings. The first-order valence-electron chi connectivity index (χ1n) is 9.01. The lowest BCUT2D eigenvalue weighted by atomic mass is 9.94. The van der Waals surface area contributed by atoms with Crippen molar-refractivity contribution in [1.82, 2.24) is 4.90 Å². The lowest BCUT2D eigenvalue weighted by molar-refractivity contribution is -0.136. The summed E-state index contributed by atoms with van der Waals surface area (Å²) < 4.78 is 13.9. The van der Waals surface area contributed by atoms with Crippen LogP contribution in [0.1, 0.15) is 25.3 Å². The third-order valence-electron chi connectivity index (χ3n) is 4.95. The molecule has 1 amide bonds. The number of amides is 1. The number of halogens is 1.